The van der Waals surface area contributed by atoms with Crippen LogP contribution in [0.1, 0.15) is 49.8 Å². The first-order valence-electron chi connectivity index (χ1n) is 10.9. The molecular weight excluding hydrogens is 416 g/mol. The van der Waals surface area contributed by atoms with Crippen molar-refractivity contribution in [2.24, 2.45) is 17.8 Å². The van der Waals surface area contributed by atoms with Crippen LogP contribution in [0.4, 0.5) is 16.4 Å². The molecule has 1 heterocycles. The molecule has 0 saturated heterocycles. The molecule has 0 aliphatic heterocycles. The van der Waals surface area contributed by atoms with Crippen molar-refractivity contribution in [1.29, 1.82) is 0 Å². The van der Waals surface area contributed by atoms with Crippen molar-refractivity contribution in [3.63, 3.8) is 0 Å². The van der Waals surface area contributed by atoms with Crippen LogP contribution in [-0.4, -0.2) is 25.1 Å². The summed E-state index contributed by atoms with van der Waals surface area (Å²) in [6.45, 7) is 3.48. The number of hydrogen-bond acceptors (Lipinski definition) is 5. The van der Waals surface area contributed by atoms with Gasteiger partial charge in [0.1, 0.15) is 0 Å². The molecular formula is C22H28N4O4S. The summed E-state index contributed by atoms with van der Waals surface area (Å²) in [6.07, 6.45) is 7.19. The SMILES string of the molecule is Cc1noc(NS(=O)(=O)c2ccc(NC(=O)NC34CC5CC(CC(C5)C3)C4)cc2)c1C. The lowest BCUT2D eigenvalue weighted by atomic mass is 9.53. The maximum Gasteiger partial charge on any atom is 0.319 e. The van der Waals surface area contributed by atoms with Crippen LogP contribution in [0.15, 0.2) is 33.7 Å². The number of aryl methyl sites for hydroxylation is 1. The van der Waals surface area contributed by atoms with Gasteiger partial charge in [-0.3, -0.25) is 0 Å². The largest absolute Gasteiger partial charge is 0.337 e. The average molecular weight is 445 g/mol. The summed E-state index contributed by atoms with van der Waals surface area (Å²) in [4.78, 5) is 12.8. The van der Waals surface area contributed by atoms with Gasteiger partial charge < -0.3 is 15.2 Å². The monoisotopic (exact) mass is 444 g/mol. The molecule has 31 heavy (non-hydrogen) atoms. The van der Waals surface area contributed by atoms with E-state index in [0.717, 1.165) is 37.0 Å². The fourth-order valence-corrected chi connectivity index (χ4v) is 7.12. The molecule has 0 spiro atoms. The lowest BCUT2D eigenvalue weighted by Crippen LogP contribution is -2.60. The predicted octanol–water partition coefficient (Wildman–Crippen LogP) is 4.18. The smallest absolute Gasteiger partial charge is 0.319 e. The second-order valence-corrected chi connectivity index (χ2v) is 11.3. The fourth-order valence-electron chi connectivity index (χ4n) is 6.08. The van der Waals surface area contributed by atoms with E-state index in [1.54, 1.807) is 26.0 Å². The van der Waals surface area contributed by atoms with E-state index in [1.807, 2.05) is 0 Å². The van der Waals surface area contributed by atoms with Gasteiger partial charge in [0.25, 0.3) is 10.0 Å². The van der Waals surface area contributed by atoms with E-state index in [4.69, 9.17) is 4.52 Å². The second-order valence-electron chi connectivity index (χ2n) is 9.63. The van der Waals surface area contributed by atoms with Gasteiger partial charge in [-0.05, 0) is 94.4 Å². The number of benzene rings is 1. The molecule has 4 fully saturated rings. The van der Waals surface area contributed by atoms with Gasteiger partial charge in [0.15, 0.2) is 0 Å². The predicted molar refractivity (Wildman–Crippen MR) is 116 cm³/mol. The summed E-state index contributed by atoms with van der Waals surface area (Å²) < 4.78 is 32.7. The summed E-state index contributed by atoms with van der Waals surface area (Å²) in [7, 11) is -3.82. The van der Waals surface area contributed by atoms with Gasteiger partial charge in [-0.25, -0.2) is 17.9 Å². The highest BCUT2D eigenvalue weighted by molar-refractivity contribution is 7.92. The molecule has 6 rings (SSSR count). The fraction of sp³-hybridized carbons (Fsp3) is 0.545. The first-order chi connectivity index (χ1) is 14.7. The Labute approximate surface area is 182 Å². The Balaban J connectivity index is 1.23. The first-order valence-corrected chi connectivity index (χ1v) is 12.3. The zero-order valence-corrected chi connectivity index (χ0v) is 18.6. The van der Waals surface area contributed by atoms with Gasteiger partial charge in [-0.15, -0.1) is 0 Å². The van der Waals surface area contributed by atoms with Gasteiger partial charge in [-0.2, -0.15) is 0 Å². The Morgan fingerprint density at radius 1 is 1.03 bits per heavy atom. The number of nitrogens with zero attached hydrogens (tertiary/aromatic N) is 1. The van der Waals surface area contributed by atoms with Crippen LogP contribution in [0, 0.1) is 31.6 Å². The van der Waals surface area contributed by atoms with Crippen molar-refractivity contribution in [3.05, 3.63) is 35.5 Å². The summed E-state index contributed by atoms with van der Waals surface area (Å²) in [5.74, 6) is 2.36. The van der Waals surface area contributed by atoms with Gasteiger partial charge in [0.05, 0.1) is 10.6 Å². The van der Waals surface area contributed by atoms with E-state index in [2.05, 4.69) is 20.5 Å². The lowest BCUT2D eigenvalue weighted by molar-refractivity contribution is -0.0127. The van der Waals surface area contributed by atoms with Gasteiger partial charge >= 0.3 is 6.03 Å². The summed E-state index contributed by atoms with van der Waals surface area (Å²) in [6, 6.07) is 5.88. The number of nitrogens with one attached hydrogen (secondary N) is 3. The van der Waals surface area contributed by atoms with Crippen molar-refractivity contribution in [3.8, 4) is 0 Å². The molecule has 8 nitrogen and oxygen atoms in total. The molecule has 1 aromatic heterocycles. The van der Waals surface area contributed by atoms with Crippen molar-refractivity contribution in [1.82, 2.24) is 10.5 Å². The van der Waals surface area contributed by atoms with Crippen LogP contribution in [-0.2, 0) is 10.0 Å². The number of hydrogen-bond donors (Lipinski definition) is 3. The van der Waals surface area contributed by atoms with Gasteiger partial charge in [-0.1, -0.05) is 5.16 Å². The summed E-state index contributed by atoms with van der Waals surface area (Å²) in [5, 5.41) is 9.88. The molecule has 2 aromatic rings. The molecule has 166 valence electrons. The van der Waals surface area contributed by atoms with E-state index in [9.17, 15) is 13.2 Å². The number of amides is 2. The third-order valence-corrected chi connectivity index (χ3v) is 8.57. The Morgan fingerprint density at radius 2 is 1.61 bits per heavy atom. The third-order valence-electron chi connectivity index (χ3n) is 7.22. The number of aromatic nitrogens is 1. The number of rotatable bonds is 5. The highest BCUT2D eigenvalue weighted by Crippen LogP contribution is 2.55. The molecule has 3 N–H and O–H groups in total. The van der Waals surface area contributed by atoms with Crippen molar-refractivity contribution in [2.45, 2.75) is 62.8 Å². The minimum absolute atomic E-state index is 0.0703. The number of anilines is 2. The topological polar surface area (TPSA) is 113 Å². The van der Waals surface area contributed by atoms with Crippen molar-refractivity contribution in [2.75, 3.05) is 10.0 Å². The molecule has 2 amide bonds. The zero-order valence-electron chi connectivity index (χ0n) is 17.8. The van der Waals surface area contributed by atoms with Gasteiger partial charge in [0.2, 0.25) is 5.88 Å². The standard InChI is InChI=1S/C22H28N4O4S/c1-13-14(2)25-30-20(13)26-31(28,29)19-5-3-18(4-6-19)23-21(27)24-22-10-15-7-16(11-22)9-17(8-15)12-22/h3-6,15-17,26H,7-12H2,1-2H3,(H2,23,24,27). The molecule has 4 aliphatic rings. The molecule has 0 unspecified atom stereocenters. The highest BCUT2D eigenvalue weighted by atomic mass is 32.2. The molecule has 0 radical (unpaired) electrons. The van der Waals surface area contributed by atoms with E-state index < -0.39 is 10.0 Å². The third kappa shape index (κ3) is 3.91. The number of carbonyl (C=O) groups excluding carboxylic acids is 1. The van der Waals surface area contributed by atoms with Crippen molar-refractivity contribution >= 4 is 27.6 Å². The normalized spacial score (nSPS) is 29.0. The Morgan fingerprint density at radius 3 is 2.13 bits per heavy atom. The maximum atomic E-state index is 12.7. The molecule has 9 heteroatoms. The molecule has 4 bridgehead atoms. The molecule has 4 aliphatic carbocycles. The second kappa shape index (κ2) is 7.25. The van der Waals surface area contributed by atoms with Crippen LogP contribution in [0.3, 0.4) is 0 Å². The first kappa shape index (κ1) is 20.4. The molecule has 1 aromatic carbocycles. The summed E-state index contributed by atoms with van der Waals surface area (Å²) >= 11 is 0. The van der Waals surface area contributed by atoms with Crippen LogP contribution < -0.4 is 15.4 Å². The maximum absolute atomic E-state index is 12.7. The Hall–Kier alpha value is -2.55. The van der Waals surface area contributed by atoms with E-state index in [0.29, 0.717) is 16.9 Å². The molecule has 4 saturated carbocycles. The van der Waals surface area contributed by atoms with Crippen LogP contribution >= 0.6 is 0 Å². The van der Waals surface area contributed by atoms with E-state index in [-0.39, 0.29) is 22.3 Å². The number of sulfonamides is 1. The van der Waals surface area contributed by atoms with Gasteiger partial charge in [0, 0.05) is 16.8 Å². The number of urea groups is 1. The van der Waals surface area contributed by atoms with E-state index >= 15 is 0 Å². The van der Waals surface area contributed by atoms with E-state index in [1.165, 1.54) is 31.4 Å². The van der Waals surface area contributed by atoms with Crippen LogP contribution in [0.25, 0.3) is 0 Å². The Bertz CT molecular complexity index is 1070. The van der Waals surface area contributed by atoms with Crippen LogP contribution in [0.5, 0.6) is 0 Å². The highest BCUT2D eigenvalue weighted by Gasteiger charge is 2.51. The average Bonchev–Trinajstić information content (AvgIpc) is 2.98. The number of carbonyl (C=O) groups is 1. The Kier molecular flexibility index (Phi) is 4.76. The minimum Gasteiger partial charge on any atom is -0.337 e. The minimum atomic E-state index is -3.82. The van der Waals surface area contributed by atoms with Crippen molar-refractivity contribution < 1.29 is 17.7 Å². The zero-order chi connectivity index (χ0) is 21.8. The van der Waals surface area contributed by atoms with Crippen LogP contribution in [0.2, 0.25) is 0 Å². The lowest BCUT2D eigenvalue weighted by Gasteiger charge is -2.56. The quantitative estimate of drug-likeness (QED) is 0.640. The molecule has 0 atom stereocenters. The summed E-state index contributed by atoms with van der Waals surface area (Å²) in [5.41, 5.74) is 1.75.